The lowest BCUT2D eigenvalue weighted by molar-refractivity contribution is 0.0979. The van der Waals surface area contributed by atoms with Gasteiger partial charge in [0.2, 0.25) is 0 Å². The molecule has 1 aromatic rings. The predicted molar refractivity (Wildman–Crippen MR) is 120 cm³/mol. The van der Waals surface area contributed by atoms with Gasteiger partial charge in [-0.05, 0) is 104 Å². The molecule has 3 N–H and O–H groups in total. The first-order chi connectivity index (χ1) is 14.4. The number of aromatic hydroxyl groups is 2. The van der Waals surface area contributed by atoms with Crippen LogP contribution < -0.4 is 0 Å². The Hall–Kier alpha value is -1.74. The Balaban J connectivity index is 1.55. The Kier molecular flexibility index (Phi) is 5.01. The van der Waals surface area contributed by atoms with Gasteiger partial charge in [-0.2, -0.15) is 0 Å². The van der Waals surface area contributed by atoms with E-state index in [2.05, 4.69) is 6.58 Å². The largest absolute Gasteiger partial charge is 0.507 e. The van der Waals surface area contributed by atoms with Gasteiger partial charge in [0.05, 0.1) is 6.61 Å². The first-order valence-electron chi connectivity index (χ1n) is 11.9. The zero-order chi connectivity index (χ0) is 21.0. The first-order valence-corrected chi connectivity index (χ1v) is 11.9. The van der Waals surface area contributed by atoms with E-state index in [0.29, 0.717) is 5.56 Å². The summed E-state index contributed by atoms with van der Waals surface area (Å²) in [6.07, 6.45) is 12.9. The van der Waals surface area contributed by atoms with Crippen molar-refractivity contribution in [1.82, 2.24) is 0 Å². The highest BCUT2D eigenvalue weighted by atomic mass is 16.3. The summed E-state index contributed by atoms with van der Waals surface area (Å²) < 4.78 is 0. The maximum Gasteiger partial charge on any atom is 0.123 e. The summed E-state index contributed by atoms with van der Waals surface area (Å²) in [7, 11) is 0. The Labute approximate surface area is 180 Å². The number of benzene rings is 1. The van der Waals surface area contributed by atoms with E-state index < -0.39 is 0 Å². The zero-order valence-corrected chi connectivity index (χ0v) is 18.2. The van der Waals surface area contributed by atoms with Gasteiger partial charge in [-0.25, -0.2) is 0 Å². The normalized spacial score (nSPS) is 37.7. The van der Waals surface area contributed by atoms with Crippen LogP contribution in [0.25, 0.3) is 0 Å². The lowest BCUT2D eigenvalue weighted by Gasteiger charge is -2.49. The quantitative estimate of drug-likeness (QED) is 0.540. The first kappa shape index (κ1) is 20.2. The highest BCUT2D eigenvalue weighted by molar-refractivity contribution is 5.53. The van der Waals surface area contributed by atoms with Gasteiger partial charge in [-0.1, -0.05) is 31.1 Å². The minimum atomic E-state index is -0.133. The fraction of sp³-hybridized carbons (Fsp3) is 0.630. The van der Waals surface area contributed by atoms with Crippen molar-refractivity contribution >= 4 is 0 Å². The SMILES string of the molecule is C=C(C)C1CCC(CO)=CC1c1c(O)cc(C23CC4CCC(CC(C4)C2)C3)cc1O. The smallest absolute Gasteiger partial charge is 0.123 e. The average molecular weight is 409 g/mol. The molecule has 5 aliphatic carbocycles. The summed E-state index contributed by atoms with van der Waals surface area (Å²) in [6.45, 7) is 6.22. The maximum absolute atomic E-state index is 11.2. The Morgan fingerprint density at radius 3 is 2.17 bits per heavy atom. The van der Waals surface area contributed by atoms with E-state index in [1.54, 1.807) is 0 Å². The molecule has 3 heteroatoms. The molecule has 30 heavy (non-hydrogen) atoms. The molecule has 3 nitrogen and oxygen atoms in total. The summed E-state index contributed by atoms with van der Waals surface area (Å²) in [5, 5.41) is 32.0. The molecule has 4 atom stereocenters. The number of allylic oxidation sites excluding steroid dienone is 2. The molecule has 1 aromatic carbocycles. The number of aliphatic hydroxyl groups excluding tert-OH is 1. The van der Waals surface area contributed by atoms with Gasteiger partial charge in [-0.15, -0.1) is 0 Å². The third-order valence-corrected chi connectivity index (χ3v) is 8.90. The molecule has 0 spiro atoms. The molecular formula is C27H36O3. The van der Waals surface area contributed by atoms with Crippen LogP contribution in [0.4, 0.5) is 0 Å². The molecule has 6 rings (SSSR count). The minimum Gasteiger partial charge on any atom is -0.507 e. The molecule has 0 saturated heterocycles. The molecule has 4 bridgehead atoms. The van der Waals surface area contributed by atoms with Gasteiger partial charge in [0.15, 0.2) is 0 Å². The zero-order valence-electron chi connectivity index (χ0n) is 18.2. The lowest BCUT2D eigenvalue weighted by atomic mass is 9.56. The number of hydrogen-bond donors (Lipinski definition) is 3. The fourth-order valence-electron chi connectivity index (χ4n) is 7.76. The van der Waals surface area contributed by atoms with Crippen molar-refractivity contribution in [3.8, 4) is 11.5 Å². The van der Waals surface area contributed by atoms with Crippen LogP contribution in [0.5, 0.6) is 11.5 Å². The number of fused-ring (bicyclic) bond motifs is 1. The maximum atomic E-state index is 11.2. The Morgan fingerprint density at radius 2 is 1.60 bits per heavy atom. The van der Waals surface area contributed by atoms with E-state index in [1.165, 1.54) is 44.9 Å². The van der Waals surface area contributed by atoms with E-state index in [4.69, 9.17) is 0 Å². The van der Waals surface area contributed by atoms with Crippen molar-refractivity contribution in [3.05, 3.63) is 47.1 Å². The number of phenolic OH excluding ortho intramolecular Hbond substituents is 2. The van der Waals surface area contributed by atoms with Crippen molar-refractivity contribution in [2.45, 2.75) is 76.0 Å². The molecule has 4 saturated carbocycles. The monoisotopic (exact) mass is 408 g/mol. The summed E-state index contributed by atoms with van der Waals surface area (Å²) in [6, 6.07) is 3.94. The summed E-state index contributed by atoms with van der Waals surface area (Å²) in [5.74, 6) is 2.90. The minimum absolute atomic E-state index is 0.0340. The fourth-order valence-corrected chi connectivity index (χ4v) is 7.76. The van der Waals surface area contributed by atoms with Crippen LogP contribution in [0.1, 0.15) is 81.8 Å². The molecule has 0 radical (unpaired) electrons. The number of hydrogen-bond acceptors (Lipinski definition) is 3. The second kappa shape index (κ2) is 7.44. The third-order valence-electron chi connectivity index (χ3n) is 8.90. The van der Waals surface area contributed by atoms with Gasteiger partial charge < -0.3 is 15.3 Å². The summed E-state index contributed by atoms with van der Waals surface area (Å²) >= 11 is 0. The number of phenols is 2. The van der Waals surface area contributed by atoms with Gasteiger partial charge in [0.25, 0.3) is 0 Å². The van der Waals surface area contributed by atoms with Crippen LogP contribution in [0.2, 0.25) is 0 Å². The van der Waals surface area contributed by atoms with Crippen LogP contribution in [0.3, 0.4) is 0 Å². The van der Waals surface area contributed by atoms with Gasteiger partial charge in [-0.3, -0.25) is 0 Å². The molecule has 4 unspecified atom stereocenters. The van der Waals surface area contributed by atoms with Gasteiger partial charge >= 0.3 is 0 Å². The molecule has 0 aliphatic heterocycles. The highest BCUT2D eigenvalue weighted by Crippen LogP contribution is 2.59. The van der Waals surface area contributed by atoms with Crippen molar-refractivity contribution in [2.75, 3.05) is 6.61 Å². The molecule has 0 amide bonds. The van der Waals surface area contributed by atoms with E-state index >= 15 is 0 Å². The highest BCUT2D eigenvalue weighted by Gasteiger charge is 2.49. The average Bonchev–Trinajstić information content (AvgIpc) is 2.92. The van der Waals surface area contributed by atoms with E-state index in [9.17, 15) is 15.3 Å². The van der Waals surface area contributed by atoms with Gasteiger partial charge in [0.1, 0.15) is 11.5 Å². The topological polar surface area (TPSA) is 60.7 Å². The summed E-state index contributed by atoms with van der Waals surface area (Å²) in [5.41, 5.74) is 3.94. The van der Waals surface area contributed by atoms with Crippen molar-refractivity contribution in [3.63, 3.8) is 0 Å². The molecule has 0 aromatic heterocycles. The standard InChI is InChI=1S/C27H36O3/c1-16(2)22-6-5-19(15-28)9-23(22)26-24(29)10-21(11-25(26)30)27-12-17-3-4-18(13-27)8-20(7-17)14-27/h9-11,17-18,20,22-23,28-30H,1,3-8,12-15H2,2H3. The van der Waals surface area contributed by atoms with E-state index in [-0.39, 0.29) is 35.4 Å². The van der Waals surface area contributed by atoms with Crippen LogP contribution >= 0.6 is 0 Å². The Bertz CT molecular complexity index is 843. The molecule has 4 fully saturated rings. The van der Waals surface area contributed by atoms with Crippen LogP contribution in [0, 0.1) is 23.7 Å². The van der Waals surface area contributed by atoms with E-state index in [1.807, 2.05) is 25.1 Å². The van der Waals surface area contributed by atoms with Crippen molar-refractivity contribution in [1.29, 1.82) is 0 Å². The Morgan fingerprint density at radius 1 is 1.00 bits per heavy atom. The summed E-state index contributed by atoms with van der Waals surface area (Å²) in [4.78, 5) is 0. The molecule has 5 aliphatic rings. The third kappa shape index (κ3) is 3.30. The van der Waals surface area contributed by atoms with Crippen molar-refractivity contribution in [2.24, 2.45) is 23.7 Å². The predicted octanol–water partition coefficient (Wildman–Crippen LogP) is 5.94. The van der Waals surface area contributed by atoms with Crippen LogP contribution in [-0.2, 0) is 5.41 Å². The second-order valence-corrected chi connectivity index (χ2v) is 11.0. The second-order valence-electron chi connectivity index (χ2n) is 11.0. The molecular weight excluding hydrogens is 372 g/mol. The number of rotatable bonds is 4. The van der Waals surface area contributed by atoms with E-state index in [0.717, 1.165) is 47.3 Å². The lowest BCUT2D eigenvalue weighted by Crippen LogP contribution is -2.40. The van der Waals surface area contributed by atoms with Crippen LogP contribution in [0.15, 0.2) is 35.9 Å². The number of aliphatic hydroxyl groups is 1. The van der Waals surface area contributed by atoms with Crippen LogP contribution in [-0.4, -0.2) is 21.9 Å². The van der Waals surface area contributed by atoms with Crippen molar-refractivity contribution < 1.29 is 15.3 Å². The van der Waals surface area contributed by atoms with Gasteiger partial charge in [0, 0.05) is 11.5 Å². The molecule has 162 valence electrons. The molecule has 0 heterocycles.